The molecule has 3 rings (SSSR count). The Balaban J connectivity index is 1.66. The summed E-state index contributed by atoms with van der Waals surface area (Å²) in [5.74, 6) is 1.44. The minimum atomic E-state index is -1.07. The highest BCUT2D eigenvalue weighted by Gasteiger charge is 2.49. The predicted octanol–water partition coefficient (Wildman–Crippen LogP) is 3.95. The fourth-order valence-electron chi connectivity index (χ4n) is 3.60. The number of amidine groups is 1. The number of hydrogen-bond acceptors (Lipinski definition) is 2. The second-order valence-corrected chi connectivity index (χ2v) is 6.70. The van der Waals surface area contributed by atoms with E-state index in [0.29, 0.717) is 36.4 Å². The van der Waals surface area contributed by atoms with Gasteiger partial charge in [0.2, 0.25) is 0 Å². The van der Waals surface area contributed by atoms with E-state index < -0.39 is 5.67 Å². The van der Waals surface area contributed by atoms with Gasteiger partial charge in [-0.15, -0.1) is 0 Å². The second kappa shape index (κ2) is 4.14. The van der Waals surface area contributed by atoms with Crippen LogP contribution in [0, 0.1) is 11.3 Å². The molecule has 0 aromatic carbocycles. The van der Waals surface area contributed by atoms with Crippen LogP contribution >= 0.6 is 0 Å². The van der Waals surface area contributed by atoms with E-state index in [4.69, 9.17) is 0 Å². The zero-order valence-electron chi connectivity index (χ0n) is 11.5. The van der Waals surface area contributed by atoms with Gasteiger partial charge in [-0.25, -0.2) is 9.38 Å². The third kappa shape index (κ3) is 2.12. The summed E-state index contributed by atoms with van der Waals surface area (Å²) in [6, 6.07) is 0. The maximum atomic E-state index is 13.9. The largest absolute Gasteiger partial charge is 0.264 e. The van der Waals surface area contributed by atoms with E-state index in [0.717, 1.165) is 5.84 Å². The minimum absolute atomic E-state index is 0.465. The van der Waals surface area contributed by atoms with Gasteiger partial charge in [0.1, 0.15) is 5.84 Å². The third-order valence-corrected chi connectivity index (χ3v) is 4.90. The van der Waals surface area contributed by atoms with Crippen molar-refractivity contribution in [3.8, 4) is 0 Å². The highest BCUT2D eigenvalue weighted by Crippen LogP contribution is 2.47. The number of rotatable bonds is 4. The monoisotopic (exact) mass is 250 g/mol. The summed E-state index contributed by atoms with van der Waals surface area (Å²) in [6.07, 6.45) is 7.51. The summed E-state index contributed by atoms with van der Waals surface area (Å²) in [6.45, 7) is 5.16. The molecule has 3 heteroatoms. The molecule has 0 bridgehead atoms. The maximum Gasteiger partial charge on any atom is 0.151 e. The van der Waals surface area contributed by atoms with Gasteiger partial charge in [-0.1, -0.05) is 20.3 Å². The van der Waals surface area contributed by atoms with Crippen LogP contribution in [-0.4, -0.2) is 23.8 Å². The van der Waals surface area contributed by atoms with Crippen LogP contribution in [0.4, 0.5) is 4.39 Å². The Morgan fingerprint density at radius 1 is 1.33 bits per heavy atom. The molecule has 0 amide bonds. The lowest BCUT2D eigenvalue weighted by molar-refractivity contribution is 0.300. The van der Waals surface area contributed by atoms with E-state index in [2.05, 4.69) is 23.8 Å². The molecule has 0 aromatic rings. The molecule has 2 nitrogen and oxygen atoms in total. The zero-order valence-corrected chi connectivity index (χ0v) is 11.5. The quantitative estimate of drug-likeness (QED) is 0.722. The smallest absolute Gasteiger partial charge is 0.151 e. The zero-order chi connectivity index (χ0) is 12.8. The predicted molar refractivity (Wildman–Crippen MR) is 73.2 cm³/mol. The van der Waals surface area contributed by atoms with Gasteiger partial charge in [0.15, 0.2) is 5.67 Å². The van der Waals surface area contributed by atoms with E-state index in [1.807, 2.05) is 0 Å². The molecule has 0 N–H and O–H groups in total. The van der Waals surface area contributed by atoms with Crippen molar-refractivity contribution in [2.45, 2.75) is 64.5 Å². The first-order valence-electron chi connectivity index (χ1n) is 7.36. The number of aliphatic imine (C=N–C) groups is 2. The normalized spacial score (nSPS) is 37.6. The standard InChI is InChI=1S/C15H23FN2/c1-3-5-14(2)6-4-11(9-14)13-17-10-12(18-13)15(16)7-8-15/h11H,3-10H2,1-2H3. The van der Waals surface area contributed by atoms with Crippen molar-refractivity contribution < 1.29 is 4.39 Å². The average Bonchev–Trinajstić information content (AvgIpc) is 2.81. The Morgan fingerprint density at radius 2 is 2.11 bits per heavy atom. The lowest BCUT2D eigenvalue weighted by Gasteiger charge is -2.23. The highest BCUT2D eigenvalue weighted by atomic mass is 19.1. The Morgan fingerprint density at radius 3 is 2.78 bits per heavy atom. The van der Waals surface area contributed by atoms with E-state index in [9.17, 15) is 4.39 Å². The Bertz CT molecular complexity index is 409. The summed E-state index contributed by atoms with van der Waals surface area (Å²) in [5.41, 5.74) is 0.102. The molecular weight excluding hydrogens is 227 g/mol. The molecule has 0 aromatic heterocycles. The van der Waals surface area contributed by atoms with Crippen molar-refractivity contribution in [1.29, 1.82) is 0 Å². The molecule has 3 aliphatic rings. The molecule has 0 spiro atoms. The van der Waals surface area contributed by atoms with Gasteiger partial charge in [-0.05, 0) is 43.9 Å². The van der Waals surface area contributed by atoms with Crippen LogP contribution in [0.5, 0.6) is 0 Å². The molecule has 0 radical (unpaired) electrons. The van der Waals surface area contributed by atoms with Crippen molar-refractivity contribution in [2.24, 2.45) is 21.3 Å². The van der Waals surface area contributed by atoms with Crippen LogP contribution in [0.15, 0.2) is 9.98 Å². The first-order valence-corrected chi connectivity index (χ1v) is 7.36. The van der Waals surface area contributed by atoms with Crippen LogP contribution in [-0.2, 0) is 0 Å². The van der Waals surface area contributed by atoms with E-state index >= 15 is 0 Å². The second-order valence-electron chi connectivity index (χ2n) is 6.70. The molecule has 2 unspecified atom stereocenters. The van der Waals surface area contributed by atoms with Gasteiger partial charge in [0.25, 0.3) is 0 Å². The molecule has 1 aliphatic heterocycles. The Kier molecular flexibility index (Phi) is 2.83. The van der Waals surface area contributed by atoms with Crippen LogP contribution in [0.2, 0.25) is 0 Å². The molecule has 0 saturated heterocycles. The SMILES string of the molecule is CCCC1(C)CCC(C2=NCC(C3(F)CC3)=N2)C1. The topological polar surface area (TPSA) is 24.7 Å². The summed E-state index contributed by atoms with van der Waals surface area (Å²) >= 11 is 0. The van der Waals surface area contributed by atoms with Crippen molar-refractivity contribution in [2.75, 3.05) is 6.54 Å². The molecule has 1 heterocycles. The molecule has 18 heavy (non-hydrogen) atoms. The van der Waals surface area contributed by atoms with Gasteiger partial charge in [-0.2, -0.15) is 0 Å². The van der Waals surface area contributed by atoms with Crippen LogP contribution < -0.4 is 0 Å². The van der Waals surface area contributed by atoms with Crippen LogP contribution in [0.25, 0.3) is 0 Å². The van der Waals surface area contributed by atoms with Crippen LogP contribution in [0.1, 0.15) is 58.8 Å². The summed E-state index contributed by atoms with van der Waals surface area (Å²) in [4.78, 5) is 9.03. The summed E-state index contributed by atoms with van der Waals surface area (Å²) in [7, 11) is 0. The van der Waals surface area contributed by atoms with Gasteiger partial charge in [0, 0.05) is 5.92 Å². The number of alkyl halides is 1. The van der Waals surface area contributed by atoms with Crippen LogP contribution in [0.3, 0.4) is 0 Å². The van der Waals surface area contributed by atoms with E-state index in [1.165, 1.54) is 32.1 Å². The van der Waals surface area contributed by atoms with Crippen molar-refractivity contribution in [3.63, 3.8) is 0 Å². The van der Waals surface area contributed by atoms with Crippen molar-refractivity contribution in [3.05, 3.63) is 0 Å². The van der Waals surface area contributed by atoms with Gasteiger partial charge < -0.3 is 0 Å². The molecule has 2 saturated carbocycles. The average molecular weight is 250 g/mol. The van der Waals surface area contributed by atoms with E-state index in [1.54, 1.807) is 0 Å². The lowest BCUT2D eigenvalue weighted by atomic mass is 9.83. The third-order valence-electron chi connectivity index (χ3n) is 4.90. The van der Waals surface area contributed by atoms with Gasteiger partial charge >= 0.3 is 0 Å². The molecule has 2 atom stereocenters. The number of hydrogen-bond donors (Lipinski definition) is 0. The summed E-state index contributed by atoms with van der Waals surface area (Å²) < 4.78 is 13.9. The Hall–Kier alpha value is -0.730. The fraction of sp³-hybridized carbons (Fsp3) is 0.867. The molecule has 2 fully saturated rings. The number of nitrogens with zero attached hydrogens (tertiary/aromatic N) is 2. The van der Waals surface area contributed by atoms with E-state index in [-0.39, 0.29) is 0 Å². The molecular formula is C15H23FN2. The first kappa shape index (κ1) is 12.3. The van der Waals surface area contributed by atoms with Crippen molar-refractivity contribution >= 4 is 11.5 Å². The summed E-state index contributed by atoms with van der Waals surface area (Å²) in [5, 5.41) is 0. The first-order chi connectivity index (χ1) is 8.55. The fourth-order valence-corrected chi connectivity index (χ4v) is 3.60. The molecule has 2 aliphatic carbocycles. The molecule has 100 valence electrons. The Labute approximate surface area is 109 Å². The number of halogens is 1. The van der Waals surface area contributed by atoms with Gasteiger partial charge in [-0.3, -0.25) is 4.99 Å². The highest BCUT2D eigenvalue weighted by molar-refractivity contribution is 6.09. The van der Waals surface area contributed by atoms with Crippen molar-refractivity contribution in [1.82, 2.24) is 0 Å². The maximum absolute atomic E-state index is 13.9. The van der Waals surface area contributed by atoms with Gasteiger partial charge in [0.05, 0.1) is 12.3 Å². The minimum Gasteiger partial charge on any atom is -0.264 e. The lowest BCUT2D eigenvalue weighted by Crippen LogP contribution is -2.18.